The van der Waals surface area contributed by atoms with E-state index >= 15 is 0 Å². The minimum Gasteiger partial charge on any atom is -0.379 e. The summed E-state index contributed by atoms with van der Waals surface area (Å²) >= 11 is 0. The first-order chi connectivity index (χ1) is 21.6. The van der Waals surface area contributed by atoms with Crippen molar-refractivity contribution in [3.8, 4) is 0 Å². The van der Waals surface area contributed by atoms with Crippen LogP contribution >= 0.6 is 0 Å². The van der Waals surface area contributed by atoms with Crippen LogP contribution in [0.25, 0.3) is 0 Å². The average Bonchev–Trinajstić information content (AvgIpc) is 3.47. The molecule has 7 rings (SSSR count). The summed E-state index contributed by atoms with van der Waals surface area (Å²) in [5.41, 5.74) is 2.08. The van der Waals surface area contributed by atoms with Gasteiger partial charge in [0.05, 0.1) is 19.3 Å². The Hall–Kier alpha value is -1.48. The van der Waals surface area contributed by atoms with Crippen molar-refractivity contribution < 1.29 is 19.1 Å². The number of amides is 2. The lowest BCUT2D eigenvalue weighted by atomic mass is 9.46. The van der Waals surface area contributed by atoms with Crippen molar-refractivity contribution in [2.45, 2.75) is 116 Å². The highest BCUT2D eigenvalue weighted by Gasteiger charge is 2.68. The fraction of sp³-hybridized carbons (Fsp3) is 0.892. The third kappa shape index (κ3) is 5.82. The fourth-order valence-electron chi connectivity index (χ4n) is 11.8. The Labute approximate surface area is 271 Å². The number of ether oxygens (including phenoxy) is 2. The summed E-state index contributed by atoms with van der Waals surface area (Å²) in [6.45, 7) is 16.2. The number of morpholine rings is 1. The summed E-state index contributed by atoms with van der Waals surface area (Å²) < 4.78 is 12.5. The Kier molecular flexibility index (Phi) is 8.93. The second-order valence-electron chi connectivity index (χ2n) is 16.8. The largest absolute Gasteiger partial charge is 0.379 e. The van der Waals surface area contributed by atoms with Gasteiger partial charge in [0, 0.05) is 38.1 Å². The van der Waals surface area contributed by atoms with Crippen molar-refractivity contribution in [2.75, 3.05) is 45.9 Å². The molecule has 252 valence electrons. The van der Waals surface area contributed by atoms with Crippen molar-refractivity contribution in [3.63, 3.8) is 0 Å². The molecule has 0 unspecified atom stereocenters. The maximum atomic E-state index is 12.9. The van der Waals surface area contributed by atoms with Crippen LogP contribution in [0.5, 0.6) is 0 Å². The minimum atomic E-state index is -0.167. The van der Waals surface area contributed by atoms with Crippen LogP contribution < -0.4 is 16.0 Å². The van der Waals surface area contributed by atoms with Crippen LogP contribution in [0.4, 0.5) is 0 Å². The van der Waals surface area contributed by atoms with Gasteiger partial charge in [-0.05, 0) is 111 Å². The molecule has 45 heavy (non-hydrogen) atoms. The van der Waals surface area contributed by atoms with Crippen LogP contribution in [-0.2, 0) is 19.1 Å². The van der Waals surface area contributed by atoms with Gasteiger partial charge in [-0.25, -0.2) is 0 Å². The van der Waals surface area contributed by atoms with Gasteiger partial charge in [0.1, 0.15) is 12.1 Å². The molecule has 11 atom stereocenters. The molecule has 8 nitrogen and oxygen atoms in total. The van der Waals surface area contributed by atoms with E-state index in [0.29, 0.717) is 29.9 Å². The molecule has 0 aromatic rings. The molecule has 3 N–H and O–H groups in total. The van der Waals surface area contributed by atoms with Crippen LogP contribution in [0.3, 0.4) is 0 Å². The summed E-state index contributed by atoms with van der Waals surface area (Å²) in [6.07, 6.45) is 14.4. The van der Waals surface area contributed by atoms with Gasteiger partial charge in [-0.1, -0.05) is 39.3 Å². The number of piperidine rings is 1. The lowest BCUT2D eigenvalue weighted by Crippen LogP contribution is -2.57. The maximum absolute atomic E-state index is 12.9. The van der Waals surface area contributed by atoms with Crippen LogP contribution in [0.1, 0.15) is 98.3 Å². The van der Waals surface area contributed by atoms with Gasteiger partial charge in [0.25, 0.3) is 0 Å². The van der Waals surface area contributed by atoms with E-state index in [-0.39, 0.29) is 35.4 Å². The normalized spacial score (nSPS) is 46.0. The smallest absolute Gasteiger partial charge is 0.229 e. The highest BCUT2D eigenvalue weighted by molar-refractivity contribution is 5.96. The average molecular weight is 625 g/mol. The molecule has 1 spiro atoms. The number of allylic oxidation sites excluding steroid dienone is 1. The van der Waals surface area contributed by atoms with Gasteiger partial charge < -0.3 is 20.1 Å². The molecule has 3 heterocycles. The van der Waals surface area contributed by atoms with Crippen molar-refractivity contribution in [1.82, 2.24) is 20.9 Å². The predicted octanol–water partition coefficient (Wildman–Crippen LogP) is 4.64. The highest BCUT2D eigenvalue weighted by Crippen LogP contribution is 2.70. The minimum absolute atomic E-state index is 0.0754. The maximum Gasteiger partial charge on any atom is 0.229 e. The molecule has 0 bridgehead atoms. The summed E-state index contributed by atoms with van der Waals surface area (Å²) in [4.78, 5) is 27.7. The number of carbonyl (C=O) groups is 2. The van der Waals surface area contributed by atoms with Crippen LogP contribution in [0, 0.1) is 46.3 Å². The first-order valence-corrected chi connectivity index (χ1v) is 18.6. The molecule has 3 aliphatic heterocycles. The highest BCUT2D eigenvalue weighted by atomic mass is 16.5. The first-order valence-electron chi connectivity index (χ1n) is 18.6. The second kappa shape index (κ2) is 12.5. The van der Waals surface area contributed by atoms with E-state index in [2.05, 4.69) is 54.6 Å². The Morgan fingerprint density at radius 2 is 1.87 bits per heavy atom. The fourth-order valence-corrected chi connectivity index (χ4v) is 11.8. The molecule has 0 aromatic heterocycles. The SMILES string of the molecule is C[C@@H]1CC[C@@]2(NC1)O[C@H]1C[C@H]3[C@@H]4CC=C5C[C@H](NC(=O)CC(=O)NCCCN6CCOCC6)CC[C@]5(C)[C@H]4CC[C@]3(C)[C@H]1[C@@H]2C. The molecule has 0 aromatic carbocycles. The van der Waals surface area contributed by atoms with Crippen molar-refractivity contribution in [3.05, 3.63) is 11.6 Å². The van der Waals surface area contributed by atoms with Gasteiger partial charge in [-0.2, -0.15) is 0 Å². The standard InChI is InChI=1S/C37H60N4O4/c1-24-8-13-37(39-23-24)25(2)34-31(45-37)21-30-28-7-6-26-20-27(9-11-35(26,3)29(28)10-12-36(30,34)4)40-33(43)22-32(42)38-14-5-15-41-16-18-44-19-17-41/h6,24-25,27-31,34,39H,5,7-23H2,1-4H3,(H,38,42)(H,40,43)/t24-,25+,27-,28-,29+,30+,31+,34+,35+,36+,37-/m1/s1. The first kappa shape index (κ1) is 32.1. The zero-order chi connectivity index (χ0) is 31.4. The summed E-state index contributed by atoms with van der Waals surface area (Å²) in [5, 5.41) is 10.1. The zero-order valence-corrected chi connectivity index (χ0v) is 28.5. The van der Waals surface area contributed by atoms with Gasteiger partial charge in [-0.15, -0.1) is 0 Å². The van der Waals surface area contributed by atoms with E-state index in [1.807, 2.05) is 0 Å². The van der Waals surface area contributed by atoms with Gasteiger partial charge in [0.15, 0.2) is 0 Å². The van der Waals surface area contributed by atoms with Gasteiger partial charge >= 0.3 is 0 Å². The van der Waals surface area contributed by atoms with Crippen molar-refractivity contribution >= 4 is 11.8 Å². The Balaban J connectivity index is 0.919. The van der Waals surface area contributed by atoms with E-state index in [1.165, 1.54) is 32.1 Å². The van der Waals surface area contributed by atoms with Crippen LogP contribution in [-0.4, -0.2) is 80.5 Å². The number of fused-ring (bicyclic) bond motifs is 7. The molecule has 3 saturated heterocycles. The topological polar surface area (TPSA) is 91.9 Å². The van der Waals surface area contributed by atoms with E-state index in [1.54, 1.807) is 5.57 Å². The lowest BCUT2D eigenvalue weighted by Gasteiger charge is -2.58. The van der Waals surface area contributed by atoms with Gasteiger partial charge in [0.2, 0.25) is 11.8 Å². The van der Waals surface area contributed by atoms with E-state index in [4.69, 9.17) is 9.47 Å². The summed E-state index contributed by atoms with van der Waals surface area (Å²) in [6, 6.07) is 0.137. The number of nitrogens with zero attached hydrogens (tertiary/aromatic N) is 1. The van der Waals surface area contributed by atoms with E-state index in [0.717, 1.165) is 95.2 Å². The van der Waals surface area contributed by atoms with Crippen molar-refractivity contribution in [1.29, 1.82) is 0 Å². The predicted molar refractivity (Wildman–Crippen MR) is 175 cm³/mol. The second-order valence-corrected chi connectivity index (χ2v) is 16.8. The molecule has 4 aliphatic carbocycles. The molecule has 2 amide bonds. The molecule has 6 fully saturated rings. The Morgan fingerprint density at radius 3 is 2.64 bits per heavy atom. The Morgan fingerprint density at radius 1 is 1.04 bits per heavy atom. The molecule has 3 saturated carbocycles. The van der Waals surface area contributed by atoms with E-state index in [9.17, 15) is 9.59 Å². The number of nitrogens with one attached hydrogen (secondary N) is 3. The number of rotatable bonds is 7. The summed E-state index contributed by atoms with van der Waals surface area (Å²) in [5.74, 6) is 3.90. The van der Waals surface area contributed by atoms with Gasteiger partial charge in [-0.3, -0.25) is 19.8 Å². The molecular weight excluding hydrogens is 564 g/mol. The van der Waals surface area contributed by atoms with E-state index < -0.39 is 0 Å². The molecular formula is C37H60N4O4. The third-order valence-electron chi connectivity index (χ3n) is 14.3. The Bertz CT molecular complexity index is 1150. The quantitative estimate of drug-likeness (QED) is 0.217. The number of carbonyl (C=O) groups excluding carboxylic acids is 2. The zero-order valence-electron chi connectivity index (χ0n) is 28.5. The summed E-state index contributed by atoms with van der Waals surface area (Å²) in [7, 11) is 0. The van der Waals surface area contributed by atoms with Crippen molar-refractivity contribution in [2.24, 2.45) is 46.3 Å². The monoisotopic (exact) mass is 624 g/mol. The molecule has 7 aliphatic rings. The lowest BCUT2D eigenvalue weighted by molar-refractivity contribution is -0.129. The number of hydrogen-bond donors (Lipinski definition) is 3. The molecule has 0 radical (unpaired) electrons. The number of hydrogen-bond acceptors (Lipinski definition) is 6. The molecule has 8 heteroatoms. The van der Waals surface area contributed by atoms with Crippen LogP contribution in [0.2, 0.25) is 0 Å². The third-order valence-corrected chi connectivity index (χ3v) is 14.3. The van der Waals surface area contributed by atoms with Crippen LogP contribution in [0.15, 0.2) is 11.6 Å².